The summed E-state index contributed by atoms with van der Waals surface area (Å²) in [5.74, 6) is 0.971. The normalized spacial score (nSPS) is 11.4. The first-order chi connectivity index (χ1) is 13.1. The molecule has 0 saturated heterocycles. The maximum absolute atomic E-state index is 10.9. The third-order valence-corrected chi connectivity index (χ3v) is 4.97. The van der Waals surface area contributed by atoms with E-state index in [0.717, 1.165) is 10.2 Å². The van der Waals surface area contributed by atoms with Crippen molar-refractivity contribution in [1.29, 1.82) is 5.26 Å². The van der Waals surface area contributed by atoms with Crippen LogP contribution in [0.1, 0.15) is 10.8 Å². The lowest BCUT2D eigenvalue weighted by Gasteiger charge is -1.97. The molecule has 0 atom stereocenters. The van der Waals surface area contributed by atoms with E-state index in [1.165, 1.54) is 23.5 Å². The smallest absolute Gasteiger partial charge is 0.270 e. The maximum atomic E-state index is 10.9. The van der Waals surface area contributed by atoms with Crippen molar-refractivity contribution in [2.24, 2.45) is 0 Å². The van der Waals surface area contributed by atoms with Crippen LogP contribution >= 0.6 is 11.3 Å². The first-order valence-electron chi connectivity index (χ1n) is 7.96. The van der Waals surface area contributed by atoms with Gasteiger partial charge >= 0.3 is 0 Å². The molecular formula is C20H11N3O3S. The fourth-order valence-corrected chi connectivity index (χ4v) is 3.56. The molecule has 4 rings (SSSR count). The van der Waals surface area contributed by atoms with Crippen LogP contribution in [0.2, 0.25) is 0 Å². The van der Waals surface area contributed by atoms with E-state index in [2.05, 4.69) is 11.1 Å². The van der Waals surface area contributed by atoms with Crippen LogP contribution in [0.3, 0.4) is 0 Å². The topological polar surface area (TPSA) is 93.0 Å². The zero-order valence-corrected chi connectivity index (χ0v) is 14.6. The van der Waals surface area contributed by atoms with Gasteiger partial charge in [-0.1, -0.05) is 24.3 Å². The van der Waals surface area contributed by atoms with Gasteiger partial charge in [0.15, 0.2) is 0 Å². The molecule has 4 aromatic rings. The molecule has 27 heavy (non-hydrogen) atoms. The second-order valence-electron chi connectivity index (χ2n) is 5.67. The minimum atomic E-state index is -0.450. The van der Waals surface area contributed by atoms with Crippen LogP contribution in [0.25, 0.3) is 33.2 Å². The third kappa shape index (κ3) is 3.34. The molecule has 2 aromatic carbocycles. The Kier molecular flexibility index (Phi) is 4.24. The number of aromatic nitrogens is 1. The number of hydrogen-bond acceptors (Lipinski definition) is 6. The molecule has 6 nitrogen and oxygen atoms in total. The molecule has 0 amide bonds. The molecule has 0 aliphatic carbocycles. The van der Waals surface area contributed by atoms with Crippen LogP contribution in [0, 0.1) is 21.4 Å². The number of nitrogens with zero attached hydrogens (tertiary/aromatic N) is 3. The average Bonchev–Trinajstić information content (AvgIpc) is 3.33. The molecule has 2 aromatic heterocycles. The summed E-state index contributed by atoms with van der Waals surface area (Å²) < 4.78 is 6.76. The Balaban J connectivity index is 1.68. The predicted octanol–water partition coefficient (Wildman–Crippen LogP) is 5.53. The van der Waals surface area contributed by atoms with E-state index in [0.29, 0.717) is 27.7 Å². The Morgan fingerprint density at radius 3 is 2.81 bits per heavy atom. The van der Waals surface area contributed by atoms with E-state index in [9.17, 15) is 15.4 Å². The summed E-state index contributed by atoms with van der Waals surface area (Å²) >= 11 is 1.44. The van der Waals surface area contributed by atoms with Gasteiger partial charge in [-0.25, -0.2) is 4.98 Å². The van der Waals surface area contributed by atoms with Crippen LogP contribution in [0.4, 0.5) is 5.69 Å². The Morgan fingerprint density at radius 2 is 2.04 bits per heavy atom. The van der Waals surface area contributed by atoms with Crippen molar-refractivity contribution in [1.82, 2.24) is 4.98 Å². The Labute approximate surface area is 157 Å². The van der Waals surface area contributed by atoms with Crippen LogP contribution in [-0.4, -0.2) is 9.91 Å². The van der Waals surface area contributed by atoms with Gasteiger partial charge < -0.3 is 4.42 Å². The van der Waals surface area contributed by atoms with E-state index in [1.807, 2.05) is 24.3 Å². The number of nitro groups is 1. The van der Waals surface area contributed by atoms with Gasteiger partial charge in [0.2, 0.25) is 0 Å². The molecule has 0 N–H and O–H groups in total. The van der Waals surface area contributed by atoms with Gasteiger partial charge in [-0.3, -0.25) is 10.1 Å². The van der Waals surface area contributed by atoms with E-state index in [4.69, 9.17) is 4.42 Å². The van der Waals surface area contributed by atoms with Gasteiger partial charge in [-0.15, -0.1) is 11.3 Å². The molecule has 0 fully saturated rings. The van der Waals surface area contributed by atoms with Gasteiger partial charge in [-0.05, 0) is 24.3 Å². The van der Waals surface area contributed by atoms with Crippen LogP contribution in [0.15, 0.2) is 65.1 Å². The van der Waals surface area contributed by atoms with E-state index < -0.39 is 4.92 Å². The number of fused-ring (bicyclic) bond motifs is 1. The lowest BCUT2D eigenvalue weighted by molar-refractivity contribution is -0.384. The van der Waals surface area contributed by atoms with E-state index in [-0.39, 0.29) is 5.69 Å². The number of nitro benzene ring substituents is 1. The minimum absolute atomic E-state index is 0.00631. The molecule has 0 aliphatic heterocycles. The van der Waals surface area contributed by atoms with Crippen molar-refractivity contribution in [3.8, 4) is 17.4 Å². The van der Waals surface area contributed by atoms with Crippen molar-refractivity contribution in [3.63, 3.8) is 0 Å². The van der Waals surface area contributed by atoms with Crippen molar-refractivity contribution in [2.75, 3.05) is 0 Å². The summed E-state index contributed by atoms with van der Waals surface area (Å²) in [6, 6.07) is 19.5. The van der Waals surface area contributed by atoms with E-state index >= 15 is 0 Å². The quantitative estimate of drug-likeness (QED) is 0.266. The second-order valence-corrected chi connectivity index (χ2v) is 6.70. The third-order valence-electron chi connectivity index (χ3n) is 3.90. The summed E-state index contributed by atoms with van der Waals surface area (Å²) in [5, 5.41) is 21.1. The highest BCUT2D eigenvalue weighted by molar-refractivity contribution is 7.19. The molecule has 2 heterocycles. The number of nitriles is 1. The largest absolute Gasteiger partial charge is 0.457 e. The van der Waals surface area contributed by atoms with Gasteiger partial charge in [0.05, 0.1) is 20.7 Å². The van der Waals surface area contributed by atoms with Crippen molar-refractivity contribution >= 4 is 38.9 Å². The number of non-ortho nitro benzene ring substituents is 1. The zero-order valence-electron chi connectivity index (χ0n) is 13.8. The summed E-state index contributed by atoms with van der Waals surface area (Å²) in [7, 11) is 0. The number of furan rings is 1. The molecular weight excluding hydrogens is 362 g/mol. The van der Waals surface area contributed by atoms with Crippen molar-refractivity contribution in [2.45, 2.75) is 0 Å². The SMILES string of the molecule is N#C/C(=C/c1ccc(-c2cccc([N+](=O)[O-])c2)o1)c1nc2ccccc2s1. The van der Waals surface area contributed by atoms with E-state index in [1.54, 1.807) is 30.3 Å². The van der Waals surface area contributed by atoms with Crippen LogP contribution < -0.4 is 0 Å². The van der Waals surface area contributed by atoms with Crippen LogP contribution in [-0.2, 0) is 0 Å². The number of hydrogen-bond donors (Lipinski definition) is 0. The highest BCUT2D eigenvalue weighted by Gasteiger charge is 2.12. The molecule has 0 spiro atoms. The van der Waals surface area contributed by atoms with Crippen molar-refractivity contribution < 1.29 is 9.34 Å². The standard InChI is InChI=1S/C20H11N3O3S/c21-12-14(20-22-17-6-1-2-7-19(17)27-20)11-16-8-9-18(26-16)13-4-3-5-15(10-13)23(24)25/h1-11H/b14-11-. The Bertz CT molecular complexity index is 1200. The molecule has 130 valence electrons. The number of thiazole rings is 1. The number of rotatable bonds is 4. The minimum Gasteiger partial charge on any atom is -0.457 e. The molecule has 0 unspecified atom stereocenters. The molecule has 0 aliphatic rings. The van der Waals surface area contributed by atoms with Crippen LogP contribution in [0.5, 0.6) is 0 Å². The molecule has 0 radical (unpaired) electrons. The number of allylic oxidation sites excluding steroid dienone is 1. The Morgan fingerprint density at radius 1 is 1.19 bits per heavy atom. The average molecular weight is 373 g/mol. The first kappa shape index (κ1) is 16.7. The van der Waals surface area contributed by atoms with Gasteiger partial charge in [0.1, 0.15) is 22.6 Å². The zero-order chi connectivity index (χ0) is 18.8. The monoisotopic (exact) mass is 373 g/mol. The van der Waals surface area contributed by atoms with Gasteiger partial charge in [0.25, 0.3) is 5.69 Å². The summed E-state index contributed by atoms with van der Waals surface area (Å²) in [6.07, 6.45) is 1.62. The highest BCUT2D eigenvalue weighted by atomic mass is 32.1. The number of benzene rings is 2. The fourth-order valence-electron chi connectivity index (χ4n) is 2.63. The maximum Gasteiger partial charge on any atom is 0.270 e. The lowest BCUT2D eigenvalue weighted by Crippen LogP contribution is -1.87. The van der Waals surface area contributed by atoms with Gasteiger partial charge in [-0.2, -0.15) is 5.26 Å². The predicted molar refractivity (Wildman–Crippen MR) is 104 cm³/mol. The molecule has 7 heteroatoms. The summed E-state index contributed by atoms with van der Waals surface area (Å²) in [4.78, 5) is 15.0. The molecule has 0 bridgehead atoms. The Hall–Kier alpha value is -3.76. The summed E-state index contributed by atoms with van der Waals surface area (Å²) in [5.41, 5.74) is 1.84. The number of para-hydroxylation sites is 1. The fraction of sp³-hybridized carbons (Fsp3) is 0. The second kappa shape index (κ2) is 6.86. The highest BCUT2D eigenvalue weighted by Crippen LogP contribution is 2.30. The molecule has 0 saturated carbocycles. The first-order valence-corrected chi connectivity index (χ1v) is 8.78. The van der Waals surface area contributed by atoms with Crippen molar-refractivity contribution in [3.05, 3.63) is 81.5 Å². The summed E-state index contributed by atoms with van der Waals surface area (Å²) in [6.45, 7) is 0. The van der Waals surface area contributed by atoms with Gasteiger partial charge in [0, 0.05) is 23.8 Å². The lowest BCUT2D eigenvalue weighted by atomic mass is 10.1.